The average Bonchev–Trinajstić information content (AvgIpc) is 2.98. The van der Waals surface area contributed by atoms with E-state index in [9.17, 15) is 19.5 Å². The van der Waals surface area contributed by atoms with E-state index in [2.05, 4.69) is 5.32 Å². The second-order valence-electron chi connectivity index (χ2n) is 6.67. The zero-order chi connectivity index (χ0) is 18.9. The maximum Gasteiger partial charge on any atom is 0.329 e. The molecule has 26 heavy (non-hydrogen) atoms. The van der Waals surface area contributed by atoms with Gasteiger partial charge in [0.05, 0.1) is 25.8 Å². The van der Waals surface area contributed by atoms with E-state index in [1.54, 1.807) is 18.2 Å². The number of carboxylic acid groups (broad SMARTS) is 1. The van der Waals surface area contributed by atoms with E-state index in [0.717, 1.165) is 6.42 Å². The molecule has 1 aromatic carbocycles. The first-order chi connectivity index (χ1) is 12.4. The molecular weight excluding hydrogens is 340 g/mol. The molecule has 2 fully saturated rings. The number of benzene rings is 1. The molecule has 1 atom stereocenters. The van der Waals surface area contributed by atoms with Crippen molar-refractivity contribution in [2.45, 2.75) is 31.2 Å². The van der Waals surface area contributed by atoms with E-state index in [4.69, 9.17) is 9.47 Å². The van der Waals surface area contributed by atoms with Gasteiger partial charge in [0.2, 0.25) is 11.8 Å². The molecule has 2 aliphatic rings. The van der Waals surface area contributed by atoms with Crippen molar-refractivity contribution in [2.75, 3.05) is 25.7 Å². The molecule has 1 unspecified atom stereocenters. The molecule has 8 heteroatoms. The first kappa shape index (κ1) is 18.0. The number of methoxy groups -OCH3 is 2. The Bertz CT molecular complexity index is 743. The molecular formula is C18H22N2O6. The lowest BCUT2D eigenvalue weighted by Gasteiger charge is -2.38. The smallest absolute Gasteiger partial charge is 0.329 e. The van der Waals surface area contributed by atoms with Gasteiger partial charge in [-0.25, -0.2) is 4.79 Å². The summed E-state index contributed by atoms with van der Waals surface area (Å²) in [4.78, 5) is 37.9. The van der Waals surface area contributed by atoms with Crippen molar-refractivity contribution in [1.29, 1.82) is 0 Å². The van der Waals surface area contributed by atoms with Crippen molar-refractivity contribution in [2.24, 2.45) is 5.92 Å². The monoisotopic (exact) mass is 362 g/mol. The average molecular weight is 362 g/mol. The minimum absolute atomic E-state index is 0.0384. The maximum atomic E-state index is 12.5. The Morgan fingerprint density at radius 1 is 1.27 bits per heavy atom. The number of carbonyl (C=O) groups is 3. The highest BCUT2D eigenvalue weighted by atomic mass is 16.5. The van der Waals surface area contributed by atoms with Crippen LogP contribution in [0.3, 0.4) is 0 Å². The van der Waals surface area contributed by atoms with E-state index in [-0.39, 0.29) is 18.9 Å². The lowest BCUT2D eigenvalue weighted by Crippen LogP contribution is -2.60. The number of amides is 2. The van der Waals surface area contributed by atoms with Crippen LogP contribution in [0.25, 0.3) is 0 Å². The molecule has 1 saturated carbocycles. The summed E-state index contributed by atoms with van der Waals surface area (Å²) in [6.07, 6.45) is 1.65. The van der Waals surface area contributed by atoms with E-state index in [0.29, 0.717) is 30.0 Å². The zero-order valence-corrected chi connectivity index (χ0v) is 14.8. The van der Waals surface area contributed by atoms with E-state index >= 15 is 0 Å². The summed E-state index contributed by atoms with van der Waals surface area (Å²) < 4.78 is 10.5. The van der Waals surface area contributed by atoms with Crippen molar-refractivity contribution >= 4 is 23.5 Å². The number of carboxylic acids is 1. The number of hydrogen-bond acceptors (Lipinski definition) is 5. The zero-order valence-electron chi connectivity index (χ0n) is 14.8. The summed E-state index contributed by atoms with van der Waals surface area (Å²) in [7, 11) is 3.03. The Balaban J connectivity index is 1.75. The fourth-order valence-corrected chi connectivity index (χ4v) is 3.38. The quantitative estimate of drug-likeness (QED) is 0.787. The summed E-state index contributed by atoms with van der Waals surface area (Å²) in [5, 5.41) is 12.0. The second-order valence-corrected chi connectivity index (χ2v) is 6.67. The van der Waals surface area contributed by atoms with Crippen molar-refractivity contribution < 1.29 is 29.0 Å². The van der Waals surface area contributed by atoms with Crippen molar-refractivity contribution in [3.8, 4) is 11.5 Å². The molecule has 8 nitrogen and oxygen atoms in total. The van der Waals surface area contributed by atoms with Crippen LogP contribution in [0.5, 0.6) is 11.5 Å². The van der Waals surface area contributed by atoms with Crippen molar-refractivity contribution in [3.63, 3.8) is 0 Å². The first-order valence-electron chi connectivity index (χ1n) is 8.48. The molecule has 2 N–H and O–H groups in total. The van der Waals surface area contributed by atoms with Crippen LogP contribution in [-0.4, -0.2) is 49.2 Å². The molecule has 0 aromatic heterocycles. The van der Waals surface area contributed by atoms with Crippen LogP contribution in [0.1, 0.15) is 25.7 Å². The van der Waals surface area contributed by atoms with E-state index < -0.39 is 23.3 Å². The fourth-order valence-electron chi connectivity index (χ4n) is 3.38. The number of carbonyl (C=O) groups excluding carboxylic acids is 2. The van der Waals surface area contributed by atoms with Crippen LogP contribution in [0.4, 0.5) is 5.69 Å². The summed E-state index contributed by atoms with van der Waals surface area (Å²) in [5.41, 5.74) is -0.615. The number of nitrogens with zero attached hydrogens (tertiary/aromatic N) is 1. The minimum Gasteiger partial charge on any atom is -0.497 e. The third-order valence-electron chi connectivity index (χ3n) is 5.15. The predicted octanol–water partition coefficient (Wildman–Crippen LogP) is 1.18. The molecule has 1 aliphatic carbocycles. The summed E-state index contributed by atoms with van der Waals surface area (Å²) in [6, 6.07) is 5.09. The molecule has 3 rings (SSSR count). The predicted molar refractivity (Wildman–Crippen MR) is 92.4 cm³/mol. The molecule has 1 aliphatic heterocycles. The molecule has 1 saturated heterocycles. The maximum absolute atomic E-state index is 12.5. The van der Waals surface area contributed by atoms with Gasteiger partial charge in [-0.1, -0.05) is 0 Å². The second kappa shape index (κ2) is 6.86. The van der Waals surface area contributed by atoms with Gasteiger partial charge in [0.1, 0.15) is 17.0 Å². The van der Waals surface area contributed by atoms with Gasteiger partial charge < -0.3 is 24.8 Å². The Kier molecular flexibility index (Phi) is 4.76. The fraction of sp³-hybridized carbons (Fsp3) is 0.500. The Labute approximate surface area is 151 Å². The number of aliphatic carboxylic acids is 1. The van der Waals surface area contributed by atoms with E-state index in [1.165, 1.54) is 19.1 Å². The highest BCUT2D eigenvalue weighted by molar-refractivity contribution is 6.02. The Morgan fingerprint density at radius 3 is 2.54 bits per heavy atom. The Morgan fingerprint density at radius 2 is 2.00 bits per heavy atom. The van der Waals surface area contributed by atoms with Gasteiger partial charge in [-0.15, -0.1) is 0 Å². The molecule has 1 heterocycles. The standard InChI is InChI=1S/C18H22N2O6/c1-25-12-4-5-13(14(9-12)26-2)20-10-11(8-15(20)21)16(22)19-18(17(23)24)6-3-7-18/h4-5,9,11H,3,6-8,10H2,1-2H3,(H,19,22)(H,23,24). The summed E-state index contributed by atoms with van der Waals surface area (Å²) in [6.45, 7) is 0.184. The lowest BCUT2D eigenvalue weighted by molar-refractivity contribution is -0.152. The summed E-state index contributed by atoms with van der Waals surface area (Å²) in [5.74, 6) is -1.14. The van der Waals surface area contributed by atoms with Crippen molar-refractivity contribution in [1.82, 2.24) is 5.32 Å². The van der Waals surface area contributed by atoms with E-state index in [1.807, 2.05) is 0 Å². The van der Waals surface area contributed by atoms with Gasteiger partial charge in [-0.3, -0.25) is 9.59 Å². The number of ether oxygens (including phenoxy) is 2. The normalized spacial score (nSPS) is 21.1. The van der Waals surface area contributed by atoms with Gasteiger partial charge in [0.25, 0.3) is 0 Å². The van der Waals surface area contributed by atoms with Crippen LogP contribution in [0.2, 0.25) is 0 Å². The number of hydrogen-bond donors (Lipinski definition) is 2. The van der Waals surface area contributed by atoms with Crippen LogP contribution in [0, 0.1) is 5.92 Å². The lowest BCUT2D eigenvalue weighted by atomic mass is 9.76. The number of rotatable bonds is 6. The highest BCUT2D eigenvalue weighted by Gasteiger charge is 2.47. The molecule has 0 bridgehead atoms. The molecule has 0 radical (unpaired) electrons. The molecule has 1 aromatic rings. The van der Waals surface area contributed by atoms with Crippen LogP contribution in [-0.2, 0) is 14.4 Å². The third-order valence-corrected chi connectivity index (χ3v) is 5.15. The van der Waals surface area contributed by atoms with Crippen molar-refractivity contribution in [3.05, 3.63) is 18.2 Å². The van der Waals surface area contributed by atoms with Gasteiger partial charge in [-0.2, -0.15) is 0 Å². The van der Waals surface area contributed by atoms with Crippen LogP contribution >= 0.6 is 0 Å². The minimum atomic E-state index is -1.18. The SMILES string of the molecule is COc1ccc(N2CC(C(=O)NC3(C(=O)O)CCC3)CC2=O)c(OC)c1. The molecule has 0 spiro atoms. The molecule has 2 amide bonds. The van der Waals surface area contributed by atoms with Crippen LogP contribution in [0.15, 0.2) is 18.2 Å². The summed E-state index contributed by atoms with van der Waals surface area (Å²) >= 11 is 0. The van der Waals surface area contributed by atoms with Gasteiger partial charge in [-0.05, 0) is 31.4 Å². The van der Waals surface area contributed by atoms with Gasteiger partial charge in [0, 0.05) is 19.0 Å². The topological polar surface area (TPSA) is 105 Å². The van der Waals surface area contributed by atoms with Gasteiger partial charge in [0.15, 0.2) is 0 Å². The number of nitrogens with one attached hydrogen (secondary N) is 1. The largest absolute Gasteiger partial charge is 0.497 e. The Hall–Kier alpha value is -2.77. The number of anilines is 1. The van der Waals surface area contributed by atoms with Crippen LogP contribution < -0.4 is 19.7 Å². The molecule has 140 valence electrons. The highest BCUT2D eigenvalue weighted by Crippen LogP contribution is 2.37. The van der Waals surface area contributed by atoms with Gasteiger partial charge >= 0.3 is 5.97 Å². The third kappa shape index (κ3) is 3.07. The first-order valence-corrected chi connectivity index (χ1v) is 8.48.